The summed E-state index contributed by atoms with van der Waals surface area (Å²) in [6.45, 7) is 1.77. The number of H-pyrrole nitrogens is 1. The van der Waals surface area contributed by atoms with Crippen LogP contribution in [0.25, 0.3) is 10.9 Å². The van der Waals surface area contributed by atoms with Crippen LogP contribution in [0.1, 0.15) is 0 Å². The van der Waals surface area contributed by atoms with Gasteiger partial charge < -0.3 is 10.6 Å². The molecule has 0 unspecified atom stereocenters. The summed E-state index contributed by atoms with van der Waals surface area (Å²) in [7, 11) is 2.00. The molecule has 1 aliphatic heterocycles. The lowest BCUT2D eigenvalue weighted by molar-refractivity contribution is -0.702. The van der Waals surface area contributed by atoms with Crippen LogP contribution in [-0.2, 0) is 7.05 Å². The van der Waals surface area contributed by atoms with Crippen LogP contribution in [0.3, 0.4) is 0 Å². The zero-order valence-electron chi connectivity index (χ0n) is 9.12. The average molecular weight is 216 g/mol. The number of guanidine groups is 1. The fourth-order valence-corrected chi connectivity index (χ4v) is 1.89. The van der Waals surface area contributed by atoms with Crippen LogP contribution in [0.2, 0.25) is 0 Å². The maximum absolute atomic E-state index is 4.30. The number of anilines is 1. The van der Waals surface area contributed by atoms with E-state index >= 15 is 0 Å². The summed E-state index contributed by atoms with van der Waals surface area (Å²) in [4.78, 5) is 4.30. The normalized spacial score (nSPS) is 14.9. The minimum absolute atomic E-state index is 0.850. The second-order valence-electron chi connectivity index (χ2n) is 3.89. The summed E-state index contributed by atoms with van der Waals surface area (Å²) in [5.74, 6) is 0.859. The molecule has 3 N–H and O–H groups in total. The lowest BCUT2D eigenvalue weighted by Gasteiger charge is -2.05. The Bertz CT molecular complexity index is 555. The molecule has 16 heavy (non-hydrogen) atoms. The highest BCUT2D eigenvalue weighted by Gasteiger charge is 2.09. The Labute approximate surface area is 93.2 Å². The van der Waals surface area contributed by atoms with E-state index in [9.17, 15) is 0 Å². The Balaban J connectivity index is 1.94. The van der Waals surface area contributed by atoms with Gasteiger partial charge in [0.15, 0.2) is 13.0 Å². The topological polar surface area (TPSA) is 56.1 Å². The third-order valence-corrected chi connectivity index (χ3v) is 2.74. The standard InChI is InChI=1S/C11H13N5/c1-16-10-6-9(3-2-8(10)7-14-16)15-11-12-4-5-13-11/h2-3,6-7H,4-5H2,1H3,(H2,12,13,14,15)/p+1. The molecule has 0 fully saturated rings. The van der Waals surface area contributed by atoms with Crippen LogP contribution in [-0.4, -0.2) is 24.1 Å². The first-order chi connectivity index (χ1) is 7.83. The van der Waals surface area contributed by atoms with Gasteiger partial charge in [-0.2, -0.15) is 5.10 Å². The zero-order valence-corrected chi connectivity index (χ0v) is 9.12. The summed E-state index contributed by atoms with van der Waals surface area (Å²) in [5.41, 5.74) is 2.22. The first-order valence-electron chi connectivity index (χ1n) is 5.35. The van der Waals surface area contributed by atoms with E-state index < -0.39 is 0 Å². The number of rotatable bonds is 1. The lowest BCUT2D eigenvalue weighted by atomic mass is 10.2. The van der Waals surface area contributed by atoms with Crippen molar-refractivity contribution in [3.8, 4) is 0 Å². The van der Waals surface area contributed by atoms with Crippen molar-refractivity contribution in [3.05, 3.63) is 24.4 Å². The Morgan fingerprint density at radius 3 is 3.19 bits per heavy atom. The molecule has 5 heteroatoms. The third kappa shape index (κ3) is 1.50. The smallest absolute Gasteiger partial charge is 0.240 e. The number of aromatic nitrogens is 2. The third-order valence-electron chi connectivity index (χ3n) is 2.74. The molecule has 5 nitrogen and oxygen atoms in total. The van der Waals surface area contributed by atoms with E-state index in [0.29, 0.717) is 0 Å². The Kier molecular flexibility index (Phi) is 2.02. The maximum atomic E-state index is 4.30. The Morgan fingerprint density at radius 2 is 2.38 bits per heavy atom. The molecule has 0 saturated heterocycles. The van der Waals surface area contributed by atoms with Gasteiger partial charge in [0.05, 0.1) is 18.1 Å². The highest BCUT2D eigenvalue weighted by molar-refractivity contribution is 5.96. The summed E-state index contributed by atoms with van der Waals surface area (Å²) in [5, 5.41) is 10.8. The minimum atomic E-state index is 0.850. The van der Waals surface area contributed by atoms with E-state index in [1.165, 1.54) is 10.9 Å². The van der Waals surface area contributed by atoms with Crippen LogP contribution in [0, 0.1) is 0 Å². The molecule has 0 spiro atoms. The lowest BCUT2D eigenvalue weighted by Crippen LogP contribution is -2.30. The van der Waals surface area contributed by atoms with Gasteiger partial charge in [0, 0.05) is 18.3 Å². The molecule has 2 aromatic rings. The number of aliphatic imine (C=N–C) groups is 1. The van der Waals surface area contributed by atoms with Gasteiger partial charge in [-0.3, -0.25) is 4.99 Å². The number of hydrogen-bond donors (Lipinski definition) is 3. The molecular weight excluding hydrogens is 202 g/mol. The second kappa shape index (κ2) is 3.52. The molecule has 1 aliphatic rings. The maximum Gasteiger partial charge on any atom is 0.240 e. The van der Waals surface area contributed by atoms with E-state index in [1.807, 2.05) is 17.9 Å². The van der Waals surface area contributed by atoms with Gasteiger partial charge in [-0.15, -0.1) is 4.68 Å². The van der Waals surface area contributed by atoms with Crippen LogP contribution in [0.15, 0.2) is 29.4 Å². The van der Waals surface area contributed by atoms with E-state index in [0.717, 1.165) is 24.7 Å². The number of benzene rings is 1. The van der Waals surface area contributed by atoms with E-state index in [2.05, 4.69) is 38.9 Å². The first-order valence-corrected chi connectivity index (χ1v) is 5.35. The number of aryl methyl sites for hydroxylation is 1. The Morgan fingerprint density at radius 1 is 1.44 bits per heavy atom. The van der Waals surface area contributed by atoms with Crippen molar-refractivity contribution >= 4 is 22.5 Å². The second-order valence-corrected chi connectivity index (χ2v) is 3.89. The SMILES string of the molecule is C[n+]1[nH]cc2ccc(NC3=NCCN3)cc21. The average Bonchev–Trinajstić information content (AvgIpc) is 2.90. The van der Waals surface area contributed by atoms with Crippen molar-refractivity contribution < 1.29 is 4.68 Å². The number of nitrogens with zero attached hydrogens (tertiary/aromatic N) is 2. The summed E-state index contributed by atoms with van der Waals surface area (Å²) >= 11 is 0. The largest absolute Gasteiger partial charge is 0.354 e. The van der Waals surface area contributed by atoms with Gasteiger partial charge in [-0.1, -0.05) is 0 Å². The first kappa shape index (κ1) is 9.21. The molecule has 82 valence electrons. The van der Waals surface area contributed by atoms with Crippen molar-refractivity contribution in [2.45, 2.75) is 0 Å². The monoisotopic (exact) mass is 216 g/mol. The van der Waals surface area contributed by atoms with Crippen LogP contribution < -0.4 is 15.3 Å². The summed E-state index contributed by atoms with van der Waals surface area (Å²) in [6.07, 6.45) is 1.99. The molecule has 0 saturated carbocycles. The Hall–Kier alpha value is -2.04. The minimum Gasteiger partial charge on any atom is -0.354 e. The number of aromatic amines is 1. The van der Waals surface area contributed by atoms with Crippen LogP contribution in [0.5, 0.6) is 0 Å². The molecule has 1 aromatic carbocycles. The van der Waals surface area contributed by atoms with Gasteiger partial charge in [0.1, 0.15) is 0 Å². The zero-order chi connectivity index (χ0) is 11.0. The summed E-state index contributed by atoms with van der Waals surface area (Å²) < 4.78 is 1.99. The fraction of sp³-hybridized carbons (Fsp3) is 0.273. The summed E-state index contributed by atoms with van der Waals surface area (Å²) in [6, 6.07) is 6.25. The van der Waals surface area contributed by atoms with E-state index in [1.54, 1.807) is 0 Å². The number of hydrogen-bond acceptors (Lipinski definition) is 3. The molecule has 0 atom stereocenters. The van der Waals surface area contributed by atoms with Gasteiger partial charge in [-0.25, -0.2) is 0 Å². The van der Waals surface area contributed by atoms with Crippen molar-refractivity contribution in [3.63, 3.8) is 0 Å². The molecule has 0 bridgehead atoms. The van der Waals surface area contributed by atoms with Crippen LogP contribution in [0.4, 0.5) is 5.69 Å². The number of fused-ring (bicyclic) bond motifs is 1. The fourth-order valence-electron chi connectivity index (χ4n) is 1.89. The highest BCUT2D eigenvalue weighted by atomic mass is 15.3. The molecular formula is C11H14N5+. The highest BCUT2D eigenvalue weighted by Crippen LogP contribution is 2.15. The van der Waals surface area contributed by atoms with Crippen molar-refractivity contribution in [2.24, 2.45) is 12.0 Å². The molecule has 3 rings (SSSR count). The van der Waals surface area contributed by atoms with Gasteiger partial charge >= 0.3 is 0 Å². The van der Waals surface area contributed by atoms with Gasteiger partial charge in [-0.05, 0) is 12.1 Å². The van der Waals surface area contributed by atoms with E-state index in [4.69, 9.17) is 0 Å². The van der Waals surface area contributed by atoms with Gasteiger partial charge in [0.25, 0.3) is 0 Å². The number of nitrogens with one attached hydrogen (secondary N) is 3. The van der Waals surface area contributed by atoms with Crippen molar-refractivity contribution in [1.82, 2.24) is 10.4 Å². The molecule has 1 aromatic heterocycles. The predicted octanol–water partition coefficient (Wildman–Crippen LogP) is 0.363. The molecule has 2 heterocycles. The van der Waals surface area contributed by atoms with Gasteiger partial charge in [0.2, 0.25) is 5.52 Å². The van der Waals surface area contributed by atoms with Crippen molar-refractivity contribution in [2.75, 3.05) is 18.4 Å². The van der Waals surface area contributed by atoms with Crippen LogP contribution >= 0.6 is 0 Å². The molecule has 0 amide bonds. The quantitative estimate of drug-likeness (QED) is 0.603. The van der Waals surface area contributed by atoms with Crippen molar-refractivity contribution in [1.29, 1.82) is 0 Å². The predicted molar refractivity (Wildman–Crippen MR) is 63.4 cm³/mol. The molecule has 0 radical (unpaired) electrons. The van der Waals surface area contributed by atoms with E-state index in [-0.39, 0.29) is 0 Å². The molecule has 0 aliphatic carbocycles.